The number of fused-ring (bicyclic) bond motifs is 1. The summed E-state index contributed by atoms with van der Waals surface area (Å²) in [6.45, 7) is 1.20. The number of amides is 2. The fraction of sp³-hybridized carbons (Fsp3) is 0.368. The molecule has 0 saturated heterocycles. The summed E-state index contributed by atoms with van der Waals surface area (Å²) < 4.78 is 36.8. The van der Waals surface area contributed by atoms with Crippen molar-refractivity contribution in [2.75, 3.05) is 13.2 Å². The number of nitrogens with zero attached hydrogens (tertiary/aromatic N) is 1. The summed E-state index contributed by atoms with van der Waals surface area (Å²) in [5, 5.41) is 2.73. The van der Waals surface area contributed by atoms with Crippen LogP contribution in [0.2, 0.25) is 0 Å². The highest BCUT2D eigenvalue weighted by atomic mass is 32.2. The molecule has 1 aromatic heterocycles. The van der Waals surface area contributed by atoms with E-state index in [9.17, 15) is 18.0 Å². The third-order valence-corrected chi connectivity index (χ3v) is 6.54. The van der Waals surface area contributed by atoms with Crippen molar-refractivity contribution in [3.63, 3.8) is 0 Å². The summed E-state index contributed by atoms with van der Waals surface area (Å²) in [6.07, 6.45) is 3.55. The fourth-order valence-corrected chi connectivity index (χ4v) is 4.95. The summed E-state index contributed by atoms with van der Waals surface area (Å²) in [5.41, 5.74) is 0.346. The molecule has 2 heterocycles. The van der Waals surface area contributed by atoms with Crippen molar-refractivity contribution in [3.05, 3.63) is 53.5 Å². The average Bonchev–Trinajstić information content (AvgIpc) is 3.31. The number of carbonyl (C=O) groups excluding carboxylic acids is 2. The Morgan fingerprint density at radius 2 is 2.11 bits per heavy atom. The molecule has 1 fully saturated rings. The molecule has 2 aliphatic rings. The van der Waals surface area contributed by atoms with Crippen molar-refractivity contribution >= 4 is 21.8 Å². The van der Waals surface area contributed by atoms with Gasteiger partial charge in [-0.15, -0.1) is 0 Å². The molecule has 28 heavy (non-hydrogen) atoms. The Hall–Kier alpha value is -2.65. The fourth-order valence-electron chi connectivity index (χ4n) is 3.10. The lowest BCUT2D eigenvalue weighted by atomic mass is 10.1. The largest absolute Gasteiger partial charge is 0.467 e. The third-order valence-electron chi connectivity index (χ3n) is 4.67. The monoisotopic (exact) mass is 404 g/mol. The molecule has 9 heteroatoms. The van der Waals surface area contributed by atoms with Gasteiger partial charge in [0.2, 0.25) is 0 Å². The van der Waals surface area contributed by atoms with Gasteiger partial charge >= 0.3 is 0 Å². The van der Waals surface area contributed by atoms with E-state index in [0.29, 0.717) is 39.0 Å². The van der Waals surface area contributed by atoms with E-state index >= 15 is 0 Å². The molecule has 0 atom stereocenters. The van der Waals surface area contributed by atoms with Gasteiger partial charge in [0.05, 0.1) is 11.8 Å². The number of benzene rings is 1. The Morgan fingerprint density at radius 1 is 1.29 bits per heavy atom. The molecule has 8 nitrogen and oxygen atoms in total. The third kappa shape index (κ3) is 3.55. The van der Waals surface area contributed by atoms with Crippen molar-refractivity contribution in [3.8, 4) is 0 Å². The highest BCUT2D eigenvalue weighted by Gasteiger charge is 2.48. The quantitative estimate of drug-likeness (QED) is 0.674. The van der Waals surface area contributed by atoms with Crippen LogP contribution in [0.3, 0.4) is 0 Å². The van der Waals surface area contributed by atoms with Gasteiger partial charge in [0.25, 0.3) is 21.8 Å². The van der Waals surface area contributed by atoms with E-state index in [2.05, 4.69) is 5.32 Å². The first-order valence-corrected chi connectivity index (χ1v) is 10.5. The second kappa shape index (κ2) is 7.40. The Kier molecular flexibility index (Phi) is 4.94. The van der Waals surface area contributed by atoms with Gasteiger partial charge in [-0.1, -0.05) is 0 Å². The van der Waals surface area contributed by atoms with Gasteiger partial charge in [0.1, 0.15) is 17.3 Å². The molecule has 0 unspecified atom stereocenters. The highest BCUT2D eigenvalue weighted by Crippen LogP contribution is 2.39. The molecule has 1 N–H and O–H groups in total. The van der Waals surface area contributed by atoms with Gasteiger partial charge in [-0.2, -0.15) is 0 Å². The van der Waals surface area contributed by atoms with Gasteiger partial charge in [0, 0.05) is 24.8 Å². The number of rotatable bonds is 8. The van der Waals surface area contributed by atoms with Gasteiger partial charge in [-0.3, -0.25) is 9.59 Å². The maximum absolute atomic E-state index is 12.6. The predicted molar refractivity (Wildman–Crippen MR) is 98.1 cm³/mol. The van der Waals surface area contributed by atoms with Gasteiger partial charge < -0.3 is 14.5 Å². The van der Waals surface area contributed by atoms with Crippen LogP contribution in [0.25, 0.3) is 0 Å². The van der Waals surface area contributed by atoms with Crippen LogP contribution in [0, 0.1) is 0 Å². The summed E-state index contributed by atoms with van der Waals surface area (Å²) in [6, 6.07) is 7.53. The van der Waals surface area contributed by atoms with E-state index < -0.39 is 15.9 Å². The zero-order valence-electron chi connectivity index (χ0n) is 15.1. The lowest BCUT2D eigenvalue weighted by Gasteiger charge is -2.13. The number of nitrogens with one attached hydrogen (secondary N) is 1. The van der Waals surface area contributed by atoms with Gasteiger partial charge in [-0.25, -0.2) is 12.7 Å². The maximum Gasteiger partial charge on any atom is 0.269 e. The van der Waals surface area contributed by atoms with Crippen LogP contribution in [-0.2, 0) is 21.4 Å². The number of carbonyl (C=O) groups is 2. The summed E-state index contributed by atoms with van der Waals surface area (Å²) in [4.78, 5) is 24.6. The second-order valence-electron chi connectivity index (χ2n) is 6.79. The number of furan rings is 1. The van der Waals surface area contributed by atoms with Crippen molar-refractivity contribution in [2.45, 2.75) is 36.8 Å². The Morgan fingerprint density at radius 3 is 2.82 bits per heavy atom. The van der Waals surface area contributed by atoms with Crippen LogP contribution in [0.5, 0.6) is 0 Å². The standard InChI is InChI=1S/C19H20N2O6S/c22-18(20-8-2-9-26-12-15-3-1-10-27-15)13-4-7-16-17(11-13)28(24,25)21(19(16)23)14-5-6-14/h1,3-4,7,10-11,14H,2,5-6,8-9,12H2,(H,20,22). The lowest BCUT2D eigenvalue weighted by Crippen LogP contribution is -2.32. The van der Waals surface area contributed by atoms with Crippen LogP contribution < -0.4 is 5.32 Å². The first-order valence-electron chi connectivity index (χ1n) is 9.09. The average molecular weight is 404 g/mol. The first kappa shape index (κ1) is 18.7. The van der Waals surface area contributed by atoms with Crippen molar-refractivity contribution < 1.29 is 27.2 Å². The van der Waals surface area contributed by atoms with E-state index in [1.807, 2.05) is 6.07 Å². The summed E-state index contributed by atoms with van der Waals surface area (Å²) in [5.74, 6) is -0.155. The minimum atomic E-state index is -3.87. The van der Waals surface area contributed by atoms with E-state index in [1.165, 1.54) is 18.2 Å². The number of sulfonamides is 1. The Balaban J connectivity index is 1.32. The highest BCUT2D eigenvalue weighted by molar-refractivity contribution is 7.90. The zero-order valence-corrected chi connectivity index (χ0v) is 15.9. The van der Waals surface area contributed by atoms with Gasteiger partial charge in [0.15, 0.2) is 0 Å². The molecule has 1 saturated carbocycles. The molecule has 1 aliphatic heterocycles. The maximum atomic E-state index is 12.6. The Labute approximate surface area is 162 Å². The molecule has 1 aromatic carbocycles. The number of hydrogen-bond acceptors (Lipinski definition) is 6. The molecule has 2 aromatic rings. The van der Waals surface area contributed by atoms with Crippen LogP contribution >= 0.6 is 0 Å². The first-order chi connectivity index (χ1) is 13.5. The van der Waals surface area contributed by atoms with E-state index in [0.717, 1.165) is 10.1 Å². The minimum absolute atomic E-state index is 0.0844. The molecule has 2 amide bonds. The normalized spacial score (nSPS) is 17.6. The smallest absolute Gasteiger partial charge is 0.269 e. The van der Waals surface area contributed by atoms with Crippen molar-refractivity contribution in [1.82, 2.24) is 9.62 Å². The summed E-state index contributed by atoms with van der Waals surface area (Å²) >= 11 is 0. The van der Waals surface area contributed by atoms with E-state index in [4.69, 9.17) is 9.15 Å². The van der Waals surface area contributed by atoms with Crippen LogP contribution in [-0.4, -0.2) is 43.7 Å². The number of ether oxygens (including phenoxy) is 1. The molecule has 1 aliphatic carbocycles. The molecule has 0 bridgehead atoms. The van der Waals surface area contributed by atoms with E-state index in [1.54, 1.807) is 12.3 Å². The molecule has 0 radical (unpaired) electrons. The molecule has 148 valence electrons. The van der Waals surface area contributed by atoms with E-state index in [-0.39, 0.29) is 28.0 Å². The van der Waals surface area contributed by atoms with Crippen LogP contribution in [0.1, 0.15) is 45.7 Å². The molecular weight excluding hydrogens is 384 g/mol. The molecule has 4 rings (SSSR count). The Bertz CT molecular complexity index is 995. The second-order valence-corrected chi connectivity index (χ2v) is 8.57. The predicted octanol–water partition coefficient (Wildman–Crippen LogP) is 1.92. The zero-order chi connectivity index (χ0) is 19.7. The topological polar surface area (TPSA) is 106 Å². The van der Waals surface area contributed by atoms with Crippen LogP contribution in [0.4, 0.5) is 0 Å². The van der Waals surface area contributed by atoms with Crippen LogP contribution in [0.15, 0.2) is 45.9 Å². The van der Waals surface area contributed by atoms with Crippen molar-refractivity contribution in [2.24, 2.45) is 0 Å². The van der Waals surface area contributed by atoms with Crippen molar-refractivity contribution in [1.29, 1.82) is 0 Å². The summed E-state index contributed by atoms with van der Waals surface area (Å²) in [7, 11) is -3.87. The minimum Gasteiger partial charge on any atom is -0.467 e. The van der Waals surface area contributed by atoms with Gasteiger partial charge in [-0.05, 0) is 49.6 Å². The molecular formula is C19H20N2O6S. The lowest BCUT2D eigenvalue weighted by molar-refractivity contribution is 0.0862. The molecule has 0 spiro atoms. The number of hydrogen-bond donors (Lipinski definition) is 1. The SMILES string of the molecule is O=C(NCCCOCc1ccco1)c1ccc2c(c1)S(=O)(=O)N(C1CC1)C2=O.